The summed E-state index contributed by atoms with van der Waals surface area (Å²) in [7, 11) is 1.46. The van der Waals surface area contributed by atoms with Crippen LogP contribution in [0.5, 0.6) is 17.2 Å². The first-order chi connectivity index (χ1) is 13.1. The molecular formula is C19H21N3O5. The first-order valence-corrected chi connectivity index (χ1v) is 8.24. The van der Waals surface area contributed by atoms with Gasteiger partial charge in [0.25, 0.3) is 11.8 Å². The molecule has 8 heteroatoms. The summed E-state index contributed by atoms with van der Waals surface area (Å²) in [6.07, 6.45) is 1.29. The van der Waals surface area contributed by atoms with Crippen LogP contribution in [-0.2, 0) is 4.79 Å². The lowest BCUT2D eigenvalue weighted by molar-refractivity contribution is -0.120. The highest BCUT2D eigenvalue weighted by atomic mass is 16.5. The molecule has 2 rings (SSSR count). The minimum atomic E-state index is -0.519. The molecule has 142 valence electrons. The number of ether oxygens (including phenoxy) is 2. The number of hydrazone groups is 1. The minimum absolute atomic E-state index is 0.0678. The van der Waals surface area contributed by atoms with E-state index < -0.39 is 11.8 Å². The number of para-hydroxylation sites is 2. The van der Waals surface area contributed by atoms with Crippen LogP contribution < -0.4 is 20.2 Å². The molecule has 0 aliphatic heterocycles. The van der Waals surface area contributed by atoms with Crippen molar-refractivity contribution >= 4 is 18.0 Å². The average molecular weight is 371 g/mol. The Morgan fingerprint density at radius 1 is 1.15 bits per heavy atom. The lowest BCUT2D eigenvalue weighted by atomic mass is 10.2. The number of carbonyl (C=O) groups excluding carboxylic acids is 2. The van der Waals surface area contributed by atoms with Crippen LogP contribution in [-0.4, -0.2) is 43.4 Å². The van der Waals surface area contributed by atoms with E-state index in [1.165, 1.54) is 13.3 Å². The van der Waals surface area contributed by atoms with E-state index in [1.807, 2.05) is 0 Å². The van der Waals surface area contributed by atoms with Gasteiger partial charge in [0.05, 0.1) is 32.0 Å². The third-order valence-electron chi connectivity index (χ3n) is 3.48. The number of hydrogen-bond acceptors (Lipinski definition) is 6. The zero-order chi connectivity index (χ0) is 19.6. The molecule has 0 saturated heterocycles. The Labute approximate surface area is 156 Å². The molecule has 27 heavy (non-hydrogen) atoms. The van der Waals surface area contributed by atoms with E-state index in [0.29, 0.717) is 29.2 Å². The Morgan fingerprint density at radius 3 is 2.63 bits per heavy atom. The van der Waals surface area contributed by atoms with Gasteiger partial charge in [0.2, 0.25) is 0 Å². The predicted molar refractivity (Wildman–Crippen MR) is 100 cm³/mol. The number of hydrogen-bond donors (Lipinski definition) is 3. The SMILES string of the molecule is CCOc1cccc(C=NNC(=O)CNC(=O)c2ccccc2OC)c1O. The second-order valence-corrected chi connectivity index (χ2v) is 5.30. The minimum Gasteiger partial charge on any atom is -0.504 e. The molecule has 0 heterocycles. The van der Waals surface area contributed by atoms with Gasteiger partial charge in [0.1, 0.15) is 5.75 Å². The molecule has 0 unspecified atom stereocenters. The summed E-state index contributed by atoms with van der Waals surface area (Å²) in [6, 6.07) is 11.6. The van der Waals surface area contributed by atoms with Gasteiger partial charge in [-0.05, 0) is 31.2 Å². The van der Waals surface area contributed by atoms with E-state index in [0.717, 1.165) is 0 Å². The van der Waals surface area contributed by atoms with Crippen LogP contribution in [0.15, 0.2) is 47.6 Å². The zero-order valence-corrected chi connectivity index (χ0v) is 15.1. The number of aromatic hydroxyl groups is 1. The number of nitrogens with one attached hydrogen (secondary N) is 2. The molecule has 0 spiro atoms. The quantitative estimate of drug-likeness (QED) is 0.483. The van der Waals surface area contributed by atoms with E-state index >= 15 is 0 Å². The van der Waals surface area contributed by atoms with Gasteiger partial charge in [0, 0.05) is 5.56 Å². The smallest absolute Gasteiger partial charge is 0.259 e. The summed E-state index contributed by atoms with van der Waals surface area (Å²) in [5.41, 5.74) is 2.99. The maximum atomic E-state index is 12.1. The fraction of sp³-hybridized carbons (Fsp3) is 0.211. The first-order valence-electron chi connectivity index (χ1n) is 8.24. The Kier molecular flexibility index (Phi) is 7.18. The standard InChI is InChI=1S/C19H21N3O5/c1-3-27-16-10-6-7-13(18(16)24)11-21-22-17(23)12-20-19(25)14-8-4-5-9-15(14)26-2/h4-11,24H,3,12H2,1-2H3,(H,20,25)(H,22,23). The summed E-state index contributed by atoms with van der Waals surface area (Å²) in [5.74, 6) is -0.277. The molecule has 0 fully saturated rings. The Balaban J connectivity index is 1.88. The molecule has 0 aliphatic carbocycles. The maximum absolute atomic E-state index is 12.1. The Morgan fingerprint density at radius 2 is 1.89 bits per heavy atom. The second-order valence-electron chi connectivity index (χ2n) is 5.30. The molecule has 0 aromatic heterocycles. The number of methoxy groups -OCH3 is 1. The molecule has 0 atom stereocenters. The Bertz CT molecular complexity index is 836. The number of amides is 2. The number of benzene rings is 2. The molecule has 0 aliphatic rings. The van der Waals surface area contributed by atoms with Crippen LogP contribution in [0.25, 0.3) is 0 Å². The van der Waals surface area contributed by atoms with Crippen LogP contribution in [0, 0.1) is 0 Å². The van der Waals surface area contributed by atoms with Gasteiger partial charge in [-0.25, -0.2) is 5.43 Å². The number of nitrogens with zero attached hydrogens (tertiary/aromatic N) is 1. The molecular weight excluding hydrogens is 350 g/mol. The average Bonchev–Trinajstić information content (AvgIpc) is 2.69. The van der Waals surface area contributed by atoms with Gasteiger partial charge in [-0.15, -0.1) is 0 Å². The maximum Gasteiger partial charge on any atom is 0.259 e. The van der Waals surface area contributed by atoms with Gasteiger partial charge in [-0.2, -0.15) is 5.10 Å². The van der Waals surface area contributed by atoms with Crippen molar-refractivity contribution in [3.05, 3.63) is 53.6 Å². The van der Waals surface area contributed by atoms with E-state index in [9.17, 15) is 14.7 Å². The predicted octanol–water partition coefficient (Wildman–Crippen LogP) is 1.68. The van der Waals surface area contributed by atoms with Crippen molar-refractivity contribution in [2.75, 3.05) is 20.3 Å². The number of carbonyl (C=O) groups is 2. The number of phenols is 1. The van der Waals surface area contributed by atoms with Gasteiger partial charge in [-0.1, -0.05) is 18.2 Å². The van der Waals surface area contributed by atoms with Crippen LogP contribution in [0.4, 0.5) is 0 Å². The molecule has 0 saturated carbocycles. The highest BCUT2D eigenvalue weighted by Gasteiger charge is 2.12. The molecule has 2 aromatic rings. The van der Waals surface area contributed by atoms with Gasteiger partial charge >= 0.3 is 0 Å². The van der Waals surface area contributed by atoms with Crippen LogP contribution in [0.3, 0.4) is 0 Å². The molecule has 3 N–H and O–H groups in total. The molecule has 2 aromatic carbocycles. The molecule has 2 amide bonds. The highest BCUT2D eigenvalue weighted by molar-refractivity contribution is 5.98. The van der Waals surface area contributed by atoms with Gasteiger partial charge < -0.3 is 19.9 Å². The summed E-state index contributed by atoms with van der Waals surface area (Å²) < 4.78 is 10.4. The van der Waals surface area contributed by atoms with E-state index in [4.69, 9.17) is 9.47 Å². The normalized spacial score (nSPS) is 10.4. The van der Waals surface area contributed by atoms with Crippen LogP contribution in [0.1, 0.15) is 22.8 Å². The van der Waals surface area contributed by atoms with Crippen LogP contribution >= 0.6 is 0 Å². The summed E-state index contributed by atoms with van der Waals surface area (Å²) in [6.45, 7) is 1.95. The summed E-state index contributed by atoms with van der Waals surface area (Å²) in [5, 5.41) is 16.3. The monoisotopic (exact) mass is 371 g/mol. The van der Waals surface area contributed by atoms with Gasteiger partial charge in [0.15, 0.2) is 11.5 Å². The first kappa shape index (κ1) is 19.8. The molecule has 0 radical (unpaired) electrons. The van der Waals surface area contributed by atoms with Crippen molar-refractivity contribution in [2.45, 2.75) is 6.92 Å². The van der Waals surface area contributed by atoms with Crippen molar-refractivity contribution in [2.24, 2.45) is 5.10 Å². The van der Waals surface area contributed by atoms with E-state index in [2.05, 4.69) is 15.8 Å². The zero-order valence-electron chi connectivity index (χ0n) is 15.1. The summed E-state index contributed by atoms with van der Waals surface area (Å²) in [4.78, 5) is 23.9. The lowest BCUT2D eigenvalue weighted by Gasteiger charge is -2.08. The second kappa shape index (κ2) is 9.81. The van der Waals surface area contributed by atoms with Crippen molar-refractivity contribution in [3.63, 3.8) is 0 Å². The van der Waals surface area contributed by atoms with E-state index in [1.54, 1.807) is 49.4 Å². The molecule has 0 bridgehead atoms. The third-order valence-corrected chi connectivity index (χ3v) is 3.48. The number of phenolic OH excluding ortho intramolecular Hbond substituents is 1. The topological polar surface area (TPSA) is 109 Å². The fourth-order valence-corrected chi connectivity index (χ4v) is 2.22. The fourth-order valence-electron chi connectivity index (χ4n) is 2.22. The van der Waals surface area contributed by atoms with Crippen molar-refractivity contribution in [3.8, 4) is 17.2 Å². The Hall–Kier alpha value is -3.55. The highest BCUT2D eigenvalue weighted by Crippen LogP contribution is 2.28. The largest absolute Gasteiger partial charge is 0.504 e. The lowest BCUT2D eigenvalue weighted by Crippen LogP contribution is -2.35. The van der Waals surface area contributed by atoms with Crippen LogP contribution in [0.2, 0.25) is 0 Å². The third kappa shape index (κ3) is 5.46. The van der Waals surface area contributed by atoms with Gasteiger partial charge in [-0.3, -0.25) is 9.59 Å². The van der Waals surface area contributed by atoms with Crippen molar-refractivity contribution in [1.82, 2.24) is 10.7 Å². The number of rotatable bonds is 8. The van der Waals surface area contributed by atoms with Crippen molar-refractivity contribution < 1.29 is 24.2 Å². The van der Waals surface area contributed by atoms with E-state index in [-0.39, 0.29) is 12.3 Å². The molecule has 8 nitrogen and oxygen atoms in total. The van der Waals surface area contributed by atoms with Crippen molar-refractivity contribution in [1.29, 1.82) is 0 Å². The summed E-state index contributed by atoms with van der Waals surface area (Å²) >= 11 is 0.